The fourth-order valence-electron chi connectivity index (χ4n) is 3.03. The van der Waals surface area contributed by atoms with Crippen LogP contribution in [0.2, 0.25) is 0 Å². The van der Waals surface area contributed by atoms with E-state index in [0.29, 0.717) is 11.8 Å². The van der Waals surface area contributed by atoms with E-state index in [1.54, 1.807) is 0 Å². The Kier molecular flexibility index (Phi) is 2.04. The molecule has 2 bridgehead atoms. The highest BCUT2D eigenvalue weighted by Gasteiger charge is 2.47. The summed E-state index contributed by atoms with van der Waals surface area (Å²) in [5, 5.41) is 9.74. The smallest absolute Gasteiger partial charge is 0.254 e. The van der Waals surface area contributed by atoms with Gasteiger partial charge >= 0.3 is 0 Å². The number of ether oxygens (including phenoxy) is 1. The average Bonchev–Trinajstić information content (AvgIpc) is 2.87. The first-order valence-corrected chi connectivity index (χ1v) is 5.77. The van der Waals surface area contributed by atoms with Crippen LogP contribution in [0, 0.1) is 11.8 Å². The van der Waals surface area contributed by atoms with Crippen molar-refractivity contribution in [2.24, 2.45) is 11.8 Å². The Morgan fingerprint density at radius 1 is 1.40 bits per heavy atom. The molecule has 3 aliphatic rings. The molecule has 5 atom stereocenters. The molecule has 0 spiro atoms. The number of fused-ring (bicyclic) bond motifs is 2. The molecule has 0 aromatic rings. The highest BCUT2D eigenvalue weighted by atomic mass is 16.6. The summed E-state index contributed by atoms with van der Waals surface area (Å²) in [5.41, 5.74) is 0. The van der Waals surface area contributed by atoms with Gasteiger partial charge in [-0.15, -0.1) is 0 Å². The van der Waals surface area contributed by atoms with Crippen LogP contribution in [-0.4, -0.2) is 47.3 Å². The van der Waals surface area contributed by atoms with E-state index in [4.69, 9.17) is 4.74 Å². The molecule has 1 N–H and O–H groups in total. The van der Waals surface area contributed by atoms with Crippen LogP contribution in [0.1, 0.15) is 19.8 Å². The average molecular weight is 211 g/mol. The molecule has 0 aromatic heterocycles. The molecule has 2 saturated heterocycles. The van der Waals surface area contributed by atoms with Gasteiger partial charge < -0.3 is 14.7 Å². The van der Waals surface area contributed by atoms with Crippen molar-refractivity contribution in [3.8, 4) is 0 Å². The van der Waals surface area contributed by atoms with E-state index in [2.05, 4.69) is 0 Å². The number of nitrogens with zero attached hydrogens (tertiary/aromatic N) is 1. The lowest BCUT2D eigenvalue weighted by atomic mass is 9.98. The molecule has 2 heterocycles. The van der Waals surface area contributed by atoms with E-state index in [0.717, 1.165) is 25.9 Å². The van der Waals surface area contributed by atoms with E-state index in [1.165, 1.54) is 0 Å². The van der Waals surface area contributed by atoms with E-state index in [1.807, 2.05) is 11.8 Å². The van der Waals surface area contributed by atoms with Gasteiger partial charge in [0.2, 0.25) is 0 Å². The van der Waals surface area contributed by atoms with E-state index in [9.17, 15) is 9.90 Å². The fraction of sp³-hybridized carbons (Fsp3) is 0.909. The van der Waals surface area contributed by atoms with Crippen LogP contribution in [0.3, 0.4) is 0 Å². The van der Waals surface area contributed by atoms with Crippen molar-refractivity contribution in [2.45, 2.75) is 38.1 Å². The Bertz CT molecular complexity index is 292. The Balaban J connectivity index is 1.66. The number of carbonyl (C=O) groups excluding carboxylic acids is 1. The zero-order valence-electron chi connectivity index (χ0n) is 8.93. The number of piperidine rings is 1. The van der Waals surface area contributed by atoms with Gasteiger partial charge in [-0.05, 0) is 25.7 Å². The molecule has 2 aliphatic heterocycles. The van der Waals surface area contributed by atoms with Crippen molar-refractivity contribution >= 4 is 5.91 Å². The predicted octanol–water partition coefficient (Wildman–Crippen LogP) is 0.00300. The van der Waals surface area contributed by atoms with Gasteiger partial charge in [-0.3, -0.25) is 4.79 Å². The monoisotopic (exact) mass is 211 g/mol. The number of epoxide rings is 1. The standard InChI is InChI=1S/C11H17NO3/c1-6-10(15-6)11(14)12-4-7-2-8(5-12)9(13)3-7/h6-10,13H,2-5H2,1H3/t6-,7?,8?,9?,10+/m0/s1. The van der Waals surface area contributed by atoms with Crippen molar-refractivity contribution in [3.63, 3.8) is 0 Å². The van der Waals surface area contributed by atoms with Gasteiger partial charge in [0.1, 0.15) is 0 Å². The lowest BCUT2D eigenvalue weighted by Crippen LogP contribution is -2.44. The van der Waals surface area contributed by atoms with Gasteiger partial charge in [0.15, 0.2) is 6.10 Å². The molecule has 3 rings (SSSR count). The number of aliphatic hydroxyl groups is 1. The summed E-state index contributed by atoms with van der Waals surface area (Å²) in [4.78, 5) is 13.8. The molecule has 4 heteroatoms. The quantitative estimate of drug-likeness (QED) is 0.621. The van der Waals surface area contributed by atoms with Crippen molar-refractivity contribution < 1.29 is 14.6 Å². The largest absolute Gasteiger partial charge is 0.393 e. The lowest BCUT2D eigenvalue weighted by molar-refractivity contribution is -0.134. The molecule has 84 valence electrons. The maximum absolute atomic E-state index is 11.9. The first kappa shape index (κ1) is 9.60. The second-order valence-corrected chi connectivity index (χ2v) is 5.17. The highest BCUT2D eigenvalue weighted by Crippen LogP contribution is 2.38. The zero-order chi connectivity index (χ0) is 10.6. The van der Waals surface area contributed by atoms with Crippen LogP contribution in [0.5, 0.6) is 0 Å². The number of carbonyl (C=O) groups is 1. The molecular weight excluding hydrogens is 194 g/mol. The number of hydrogen-bond acceptors (Lipinski definition) is 3. The summed E-state index contributed by atoms with van der Waals surface area (Å²) < 4.78 is 5.20. The number of aliphatic hydroxyl groups excluding tert-OH is 1. The molecule has 15 heavy (non-hydrogen) atoms. The van der Waals surface area contributed by atoms with Crippen LogP contribution >= 0.6 is 0 Å². The second-order valence-electron chi connectivity index (χ2n) is 5.17. The van der Waals surface area contributed by atoms with Gasteiger partial charge in [-0.25, -0.2) is 0 Å². The van der Waals surface area contributed by atoms with E-state index >= 15 is 0 Å². The number of hydrogen-bond donors (Lipinski definition) is 1. The number of rotatable bonds is 1. The van der Waals surface area contributed by atoms with Crippen LogP contribution in [-0.2, 0) is 9.53 Å². The molecule has 4 nitrogen and oxygen atoms in total. The van der Waals surface area contributed by atoms with Gasteiger partial charge in [0.05, 0.1) is 12.2 Å². The third-order valence-electron chi connectivity index (χ3n) is 3.95. The maximum Gasteiger partial charge on any atom is 0.254 e. The van der Waals surface area contributed by atoms with Gasteiger partial charge in [0, 0.05) is 19.0 Å². The van der Waals surface area contributed by atoms with Crippen molar-refractivity contribution in [1.82, 2.24) is 4.90 Å². The summed E-state index contributed by atoms with van der Waals surface area (Å²) >= 11 is 0. The molecular formula is C11H17NO3. The molecule has 0 aromatic carbocycles. The lowest BCUT2D eigenvalue weighted by Gasteiger charge is -2.31. The fourth-order valence-corrected chi connectivity index (χ4v) is 3.03. The summed E-state index contributed by atoms with van der Waals surface area (Å²) in [7, 11) is 0. The third-order valence-corrected chi connectivity index (χ3v) is 3.95. The normalized spacial score (nSPS) is 48.1. The first-order valence-electron chi connectivity index (χ1n) is 5.77. The first-order chi connectivity index (χ1) is 7.15. The minimum absolute atomic E-state index is 0.0991. The summed E-state index contributed by atoms with van der Waals surface area (Å²) in [5.74, 6) is 0.949. The molecule has 1 amide bonds. The topological polar surface area (TPSA) is 53.1 Å². The van der Waals surface area contributed by atoms with Crippen LogP contribution in [0.15, 0.2) is 0 Å². The van der Waals surface area contributed by atoms with Crippen molar-refractivity contribution in [1.29, 1.82) is 0 Å². The minimum Gasteiger partial charge on any atom is -0.393 e. The Hall–Kier alpha value is -0.610. The maximum atomic E-state index is 11.9. The Morgan fingerprint density at radius 2 is 2.13 bits per heavy atom. The SMILES string of the molecule is C[C@@H]1O[C@H]1C(=O)N1CC2CC(O)C(C2)C1. The zero-order valence-corrected chi connectivity index (χ0v) is 8.93. The van der Waals surface area contributed by atoms with Crippen LogP contribution in [0.4, 0.5) is 0 Å². The number of likely N-dealkylation sites (tertiary alicyclic amines) is 1. The highest BCUT2D eigenvalue weighted by molar-refractivity contribution is 5.83. The molecule has 0 radical (unpaired) electrons. The van der Waals surface area contributed by atoms with Crippen molar-refractivity contribution in [3.05, 3.63) is 0 Å². The van der Waals surface area contributed by atoms with E-state index in [-0.39, 0.29) is 24.2 Å². The Morgan fingerprint density at radius 3 is 2.73 bits per heavy atom. The predicted molar refractivity (Wildman–Crippen MR) is 53.1 cm³/mol. The molecule has 1 aliphatic carbocycles. The van der Waals surface area contributed by atoms with Gasteiger partial charge in [0.25, 0.3) is 5.91 Å². The molecule has 3 unspecified atom stereocenters. The van der Waals surface area contributed by atoms with Crippen LogP contribution < -0.4 is 0 Å². The molecule has 1 saturated carbocycles. The summed E-state index contributed by atoms with van der Waals surface area (Å²) in [6, 6.07) is 0. The summed E-state index contributed by atoms with van der Waals surface area (Å²) in [6.45, 7) is 3.47. The molecule has 3 fully saturated rings. The third kappa shape index (κ3) is 1.56. The van der Waals surface area contributed by atoms with Gasteiger partial charge in [-0.1, -0.05) is 0 Å². The second kappa shape index (κ2) is 3.19. The minimum atomic E-state index is -0.195. The van der Waals surface area contributed by atoms with Crippen molar-refractivity contribution in [2.75, 3.05) is 13.1 Å². The number of amides is 1. The van der Waals surface area contributed by atoms with E-state index < -0.39 is 0 Å². The Labute approximate surface area is 89.2 Å². The van der Waals surface area contributed by atoms with Gasteiger partial charge in [-0.2, -0.15) is 0 Å². The van der Waals surface area contributed by atoms with Crippen LogP contribution in [0.25, 0.3) is 0 Å². The summed E-state index contributed by atoms with van der Waals surface area (Å²) in [6.07, 6.45) is 1.67.